The lowest BCUT2D eigenvalue weighted by molar-refractivity contribution is -0.114. The number of methoxy groups -OCH3 is 1. The maximum Gasteiger partial charge on any atom is 0.221 e. The first-order chi connectivity index (χ1) is 9.69. The molecule has 0 saturated heterocycles. The second-order valence-electron chi connectivity index (χ2n) is 4.21. The molecule has 0 bridgehead atoms. The Balaban J connectivity index is 2.30. The molecule has 3 heteroatoms. The van der Waals surface area contributed by atoms with Crippen LogP contribution in [-0.2, 0) is 4.79 Å². The first-order valence-corrected chi connectivity index (χ1v) is 6.22. The highest BCUT2D eigenvalue weighted by molar-refractivity contribution is 5.90. The van der Waals surface area contributed by atoms with Crippen molar-refractivity contribution in [3.8, 4) is 17.6 Å². The van der Waals surface area contributed by atoms with Gasteiger partial charge in [-0.1, -0.05) is 30.0 Å². The Labute approximate surface area is 118 Å². The van der Waals surface area contributed by atoms with Crippen LogP contribution in [0, 0.1) is 11.8 Å². The molecule has 2 rings (SSSR count). The molecule has 0 radical (unpaired) electrons. The Morgan fingerprint density at radius 2 is 1.90 bits per heavy atom. The Bertz CT molecular complexity index is 681. The van der Waals surface area contributed by atoms with E-state index < -0.39 is 0 Å². The van der Waals surface area contributed by atoms with Gasteiger partial charge in [0.15, 0.2) is 0 Å². The van der Waals surface area contributed by atoms with E-state index >= 15 is 0 Å². The summed E-state index contributed by atoms with van der Waals surface area (Å²) in [6.07, 6.45) is 0. The van der Waals surface area contributed by atoms with Crippen molar-refractivity contribution < 1.29 is 9.53 Å². The van der Waals surface area contributed by atoms with E-state index in [-0.39, 0.29) is 5.91 Å². The number of hydrogen-bond donors (Lipinski definition) is 1. The van der Waals surface area contributed by atoms with E-state index in [1.54, 1.807) is 7.11 Å². The van der Waals surface area contributed by atoms with E-state index in [4.69, 9.17) is 4.74 Å². The van der Waals surface area contributed by atoms with Crippen LogP contribution >= 0.6 is 0 Å². The summed E-state index contributed by atoms with van der Waals surface area (Å²) in [6.45, 7) is 1.48. The minimum absolute atomic E-state index is 0.111. The van der Waals surface area contributed by atoms with Crippen LogP contribution in [0.25, 0.3) is 0 Å². The molecular formula is C17H15NO2. The molecule has 0 heterocycles. The van der Waals surface area contributed by atoms with Gasteiger partial charge in [0.05, 0.1) is 12.8 Å². The van der Waals surface area contributed by atoms with Gasteiger partial charge in [-0.15, -0.1) is 0 Å². The van der Waals surface area contributed by atoms with Crippen LogP contribution in [0.3, 0.4) is 0 Å². The molecule has 0 saturated carbocycles. The molecule has 0 spiro atoms. The third-order valence-corrected chi connectivity index (χ3v) is 2.65. The Kier molecular flexibility index (Phi) is 4.41. The van der Waals surface area contributed by atoms with Gasteiger partial charge in [-0.25, -0.2) is 0 Å². The van der Waals surface area contributed by atoms with Crippen molar-refractivity contribution in [2.45, 2.75) is 6.92 Å². The number of carbonyl (C=O) groups excluding carboxylic acids is 1. The zero-order chi connectivity index (χ0) is 14.4. The lowest BCUT2D eigenvalue weighted by Crippen LogP contribution is -2.06. The van der Waals surface area contributed by atoms with Gasteiger partial charge in [-0.2, -0.15) is 0 Å². The van der Waals surface area contributed by atoms with Gasteiger partial charge in [0.25, 0.3) is 0 Å². The smallest absolute Gasteiger partial charge is 0.221 e. The van der Waals surface area contributed by atoms with Crippen molar-refractivity contribution in [1.29, 1.82) is 0 Å². The van der Waals surface area contributed by atoms with Gasteiger partial charge in [-0.3, -0.25) is 4.79 Å². The highest BCUT2D eigenvalue weighted by atomic mass is 16.5. The van der Waals surface area contributed by atoms with Crippen LogP contribution in [0.15, 0.2) is 48.5 Å². The minimum atomic E-state index is -0.111. The zero-order valence-corrected chi connectivity index (χ0v) is 11.4. The quantitative estimate of drug-likeness (QED) is 0.847. The summed E-state index contributed by atoms with van der Waals surface area (Å²) >= 11 is 0. The van der Waals surface area contributed by atoms with Crippen LogP contribution < -0.4 is 10.1 Å². The number of rotatable bonds is 2. The van der Waals surface area contributed by atoms with Crippen LogP contribution in [0.5, 0.6) is 5.75 Å². The lowest BCUT2D eigenvalue weighted by atomic mass is 10.1. The Morgan fingerprint density at radius 1 is 1.10 bits per heavy atom. The van der Waals surface area contributed by atoms with Crippen molar-refractivity contribution in [2.75, 3.05) is 12.4 Å². The van der Waals surface area contributed by atoms with Crippen LogP contribution in [0.1, 0.15) is 18.1 Å². The predicted octanol–water partition coefficient (Wildman–Crippen LogP) is 3.05. The third kappa shape index (κ3) is 3.63. The second-order valence-corrected chi connectivity index (χ2v) is 4.21. The predicted molar refractivity (Wildman–Crippen MR) is 79.7 cm³/mol. The largest absolute Gasteiger partial charge is 0.497 e. The molecule has 0 atom stereocenters. The van der Waals surface area contributed by atoms with Crippen molar-refractivity contribution in [3.63, 3.8) is 0 Å². The van der Waals surface area contributed by atoms with Gasteiger partial charge in [0, 0.05) is 18.1 Å². The molecule has 0 aliphatic heterocycles. The van der Waals surface area contributed by atoms with Gasteiger partial charge in [-0.05, 0) is 30.3 Å². The molecule has 0 fully saturated rings. The molecule has 1 N–H and O–H groups in total. The number of ether oxygens (including phenoxy) is 1. The van der Waals surface area contributed by atoms with E-state index in [2.05, 4.69) is 17.2 Å². The average Bonchev–Trinajstić information content (AvgIpc) is 2.46. The fraction of sp³-hybridized carbons (Fsp3) is 0.118. The topological polar surface area (TPSA) is 38.3 Å². The maximum absolute atomic E-state index is 11.1. The number of nitrogens with one attached hydrogen (secondary N) is 1. The maximum atomic E-state index is 11.1. The summed E-state index contributed by atoms with van der Waals surface area (Å²) in [6, 6.07) is 15.0. The molecule has 1 amide bonds. The Morgan fingerprint density at radius 3 is 2.65 bits per heavy atom. The molecule has 0 aliphatic carbocycles. The van der Waals surface area contributed by atoms with Crippen molar-refractivity contribution >= 4 is 11.6 Å². The van der Waals surface area contributed by atoms with E-state index in [0.29, 0.717) is 0 Å². The van der Waals surface area contributed by atoms with E-state index in [0.717, 1.165) is 22.6 Å². The summed E-state index contributed by atoms with van der Waals surface area (Å²) in [4.78, 5) is 11.1. The molecule has 0 aromatic heterocycles. The minimum Gasteiger partial charge on any atom is -0.497 e. The van der Waals surface area contributed by atoms with Crippen LogP contribution in [-0.4, -0.2) is 13.0 Å². The number of benzene rings is 2. The molecule has 100 valence electrons. The first-order valence-electron chi connectivity index (χ1n) is 6.22. The number of hydrogen-bond acceptors (Lipinski definition) is 2. The van der Waals surface area contributed by atoms with Gasteiger partial charge in [0.1, 0.15) is 5.75 Å². The van der Waals surface area contributed by atoms with Crippen LogP contribution in [0.2, 0.25) is 0 Å². The molecular weight excluding hydrogens is 250 g/mol. The fourth-order valence-corrected chi connectivity index (χ4v) is 1.73. The molecule has 0 unspecified atom stereocenters. The summed E-state index contributed by atoms with van der Waals surface area (Å²) in [5.41, 5.74) is 2.36. The van der Waals surface area contributed by atoms with Crippen LogP contribution in [0.4, 0.5) is 5.69 Å². The molecule has 2 aromatic carbocycles. The number of anilines is 1. The monoisotopic (exact) mass is 265 g/mol. The fourth-order valence-electron chi connectivity index (χ4n) is 1.73. The van der Waals surface area contributed by atoms with Crippen molar-refractivity contribution in [3.05, 3.63) is 59.7 Å². The summed E-state index contributed by atoms with van der Waals surface area (Å²) in [5, 5.41) is 2.77. The second kappa shape index (κ2) is 6.44. The highest BCUT2D eigenvalue weighted by Gasteiger charge is 2.00. The average molecular weight is 265 g/mol. The summed E-state index contributed by atoms with van der Waals surface area (Å²) < 4.78 is 5.16. The van der Waals surface area contributed by atoms with Crippen molar-refractivity contribution in [2.24, 2.45) is 0 Å². The highest BCUT2D eigenvalue weighted by Crippen LogP contribution is 2.15. The van der Waals surface area contributed by atoms with E-state index in [9.17, 15) is 4.79 Å². The first kappa shape index (κ1) is 13.7. The number of amides is 1. The lowest BCUT2D eigenvalue weighted by Gasteiger charge is -2.04. The Hall–Kier alpha value is -2.73. The molecule has 3 nitrogen and oxygen atoms in total. The van der Waals surface area contributed by atoms with E-state index in [1.165, 1.54) is 6.92 Å². The SMILES string of the molecule is COc1cccc(C#Cc2ccccc2NC(C)=O)c1. The van der Waals surface area contributed by atoms with Crippen molar-refractivity contribution in [1.82, 2.24) is 0 Å². The summed E-state index contributed by atoms with van der Waals surface area (Å²) in [7, 11) is 1.62. The standard InChI is InChI=1S/C17H15NO2/c1-13(19)18-17-9-4-3-7-15(17)11-10-14-6-5-8-16(12-14)20-2/h3-9,12H,1-2H3,(H,18,19). The number of carbonyl (C=O) groups is 1. The molecule has 0 aliphatic rings. The molecule has 2 aromatic rings. The van der Waals surface area contributed by atoms with Gasteiger partial charge in [0.2, 0.25) is 5.91 Å². The van der Waals surface area contributed by atoms with E-state index in [1.807, 2.05) is 48.5 Å². The van der Waals surface area contributed by atoms with Gasteiger partial charge >= 0.3 is 0 Å². The zero-order valence-electron chi connectivity index (χ0n) is 11.4. The van der Waals surface area contributed by atoms with Gasteiger partial charge < -0.3 is 10.1 Å². The normalized spacial score (nSPS) is 9.30. The third-order valence-electron chi connectivity index (χ3n) is 2.65. The summed E-state index contributed by atoms with van der Waals surface area (Å²) in [5.74, 6) is 6.79. The molecule has 20 heavy (non-hydrogen) atoms. The number of para-hydroxylation sites is 1.